The van der Waals surface area contributed by atoms with Crippen molar-refractivity contribution in [2.45, 2.75) is 88.5 Å². The second-order valence-electron chi connectivity index (χ2n) is 18.1. The van der Waals surface area contributed by atoms with Gasteiger partial charge in [-0.3, -0.25) is 24.4 Å². The van der Waals surface area contributed by atoms with Gasteiger partial charge in [0.05, 0.1) is 6.20 Å². The second kappa shape index (κ2) is 20.7. The maximum atomic E-state index is 13.7. The van der Waals surface area contributed by atoms with Gasteiger partial charge in [-0.2, -0.15) is 14.2 Å². The van der Waals surface area contributed by atoms with Crippen LogP contribution >= 0.6 is 0 Å². The number of pyridine rings is 3. The number of benzene rings is 2. The van der Waals surface area contributed by atoms with Gasteiger partial charge in [-0.15, -0.1) is 0 Å². The van der Waals surface area contributed by atoms with Crippen molar-refractivity contribution in [3.05, 3.63) is 166 Å². The van der Waals surface area contributed by atoms with E-state index in [1.165, 1.54) is 26.7 Å². The fourth-order valence-electron chi connectivity index (χ4n) is 8.39. The Bertz CT molecular complexity index is 3090. The van der Waals surface area contributed by atoms with E-state index in [0.29, 0.717) is 72.3 Å². The minimum absolute atomic E-state index is 0.0880. The van der Waals surface area contributed by atoms with E-state index in [4.69, 9.17) is 0 Å². The number of nitrogens with zero attached hydrogens (tertiary/aromatic N) is 7. The summed E-state index contributed by atoms with van der Waals surface area (Å²) in [7, 11) is 3.29. The number of aromatic nitrogens is 5. The van der Waals surface area contributed by atoms with Crippen molar-refractivity contribution in [3.8, 4) is 23.7 Å². The number of rotatable bonds is 10. The molecule has 0 saturated carbocycles. The van der Waals surface area contributed by atoms with Crippen LogP contribution in [0.25, 0.3) is 0 Å². The lowest BCUT2D eigenvalue weighted by atomic mass is 9.91. The Morgan fingerprint density at radius 3 is 1.97 bits per heavy atom. The minimum Gasteiger partial charge on any atom is -0.378 e. The monoisotopic (exact) mass is 941 g/mol. The maximum absolute atomic E-state index is 13.7. The Balaban J connectivity index is 0.849. The fourth-order valence-corrected chi connectivity index (χ4v) is 8.39. The molecule has 15 nitrogen and oxygen atoms in total. The smallest absolute Gasteiger partial charge is 0.342 e. The number of aryl methyl sites for hydroxylation is 2. The predicted molar refractivity (Wildman–Crippen MR) is 260 cm³/mol. The van der Waals surface area contributed by atoms with Crippen LogP contribution in [0.5, 0.6) is 0 Å². The number of nitrogens with one attached hydrogen (secondary N) is 2. The highest BCUT2D eigenvalue weighted by Crippen LogP contribution is 2.30. The van der Waals surface area contributed by atoms with Gasteiger partial charge >= 0.3 is 6.03 Å². The van der Waals surface area contributed by atoms with Gasteiger partial charge < -0.3 is 30.6 Å². The molecule has 8 rings (SSSR count). The molecule has 0 fully saturated rings. The average Bonchev–Trinajstić information content (AvgIpc) is 3.74. The Kier molecular flexibility index (Phi) is 14.3. The molecule has 16 heteroatoms. The van der Waals surface area contributed by atoms with Crippen LogP contribution in [-0.2, 0) is 35.3 Å². The van der Waals surface area contributed by atoms with Gasteiger partial charge in [-0.25, -0.2) is 9.78 Å². The highest BCUT2D eigenvalue weighted by molar-refractivity contribution is 6.03. The molecule has 0 aliphatic carbocycles. The summed E-state index contributed by atoms with van der Waals surface area (Å²) in [5, 5.41) is 32.5. The molecule has 0 bridgehead atoms. The summed E-state index contributed by atoms with van der Waals surface area (Å²) in [5.41, 5.74) is 4.37. The topological polar surface area (TPSA) is 196 Å². The third kappa shape index (κ3) is 12.0. The first-order valence-corrected chi connectivity index (χ1v) is 22.9. The number of fused-ring (bicyclic) bond motifs is 2. The van der Waals surface area contributed by atoms with Crippen molar-refractivity contribution in [2.75, 3.05) is 23.9 Å². The third-order valence-electron chi connectivity index (χ3n) is 12.4. The van der Waals surface area contributed by atoms with Crippen LogP contribution in [0, 0.1) is 29.6 Å². The molecule has 6 aromatic rings. The molecular formula is C54H52FN9O6. The van der Waals surface area contributed by atoms with E-state index < -0.39 is 41.2 Å². The molecule has 2 aliphatic heterocycles. The van der Waals surface area contributed by atoms with Gasteiger partial charge in [0.2, 0.25) is 17.8 Å². The number of carbonyl (C=O) groups excluding carboxylic acids is 4. The molecule has 0 spiro atoms. The number of hydrogen-bond donors (Lipinski definition) is 4. The highest BCUT2D eigenvalue weighted by Gasteiger charge is 2.32. The van der Waals surface area contributed by atoms with Crippen molar-refractivity contribution >= 4 is 35.1 Å². The van der Waals surface area contributed by atoms with Crippen molar-refractivity contribution in [1.29, 1.82) is 0 Å². The number of carbonyl (C=O) groups is 4. The van der Waals surface area contributed by atoms with Crippen LogP contribution < -0.4 is 20.4 Å². The van der Waals surface area contributed by atoms with Crippen molar-refractivity contribution < 1.29 is 33.8 Å². The van der Waals surface area contributed by atoms with Gasteiger partial charge in [0, 0.05) is 79.9 Å². The van der Waals surface area contributed by atoms with E-state index >= 15 is 0 Å². The summed E-state index contributed by atoms with van der Waals surface area (Å²) in [6.45, 7) is 3.12. The summed E-state index contributed by atoms with van der Waals surface area (Å²) in [4.78, 5) is 69.1. The Hall–Kier alpha value is -8.05. The number of hydrogen-bond acceptors (Lipinski definition) is 10. The Morgan fingerprint density at radius 2 is 1.37 bits per heavy atom. The quantitative estimate of drug-likeness (QED) is 0.103. The van der Waals surface area contributed by atoms with Crippen LogP contribution in [0.3, 0.4) is 0 Å². The van der Waals surface area contributed by atoms with Crippen LogP contribution in [0.1, 0.15) is 94.7 Å². The maximum Gasteiger partial charge on any atom is 0.342 e. The van der Waals surface area contributed by atoms with E-state index in [0.717, 1.165) is 22.3 Å². The van der Waals surface area contributed by atoms with E-state index in [2.05, 4.69) is 54.4 Å². The molecule has 4 amide bonds. The normalized spacial score (nSPS) is 17.2. The molecule has 356 valence electrons. The molecule has 6 heterocycles. The molecular weight excluding hydrogens is 890 g/mol. The summed E-state index contributed by atoms with van der Waals surface area (Å²) in [5.74, 6) is 10.2. The first kappa shape index (κ1) is 48.4. The third-order valence-corrected chi connectivity index (χ3v) is 12.4. The van der Waals surface area contributed by atoms with Gasteiger partial charge in [0.1, 0.15) is 29.0 Å². The molecule has 4 aromatic heterocycles. The van der Waals surface area contributed by atoms with Crippen molar-refractivity contribution in [2.24, 2.45) is 0 Å². The predicted octanol–water partition coefficient (Wildman–Crippen LogP) is 5.32. The zero-order valence-corrected chi connectivity index (χ0v) is 39.2. The van der Waals surface area contributed by atoms with Gasteiger partial charge in [-0.05, 0) is 135 Å². The lowest BCUT2D eigenvalue weighted by molar-refractivity contribution is -0.120. The summed E-state index contributed by atoms with van der Waals surface area (Å²) < 4.78 is 14.8. The highest BCUT2D eigenvalue weighted by atomic mass is 19.1. The van der Waals surface area contributed by atoms with Gasteiger partial charge in [-0.1, -0.05) is 47.9 Å². The minimum atomic E-state index is -1.51. The van der Waals surface area contributed by atoms with Crippen LogP contribution in [-0.4, -0.2) is 96.1 Å². The fraction of sp³-hybridized carbons (Fsp3) is 0.296. The van der Waals surface area contributed by atoms with E-state index in [1.807, 2.05) is 36.4 Å². The number of amides is 4. The second-order valence-corrected chi connectivity index (χ2v) is 18.1. The molecule has 70 heavy (non-hydrogen) atoms. The van der Waals surface area contributed by atoms with E-state index in [9.17, 15) is 33.8 Å². The standard InChI is InChI=1S/C54H52FN9O6/c1-53(69,21-18-35-10-12-40-14-16-43(50(66)62(3)46(40)30-35)60-49(65)45-29-37(20-26-57-45)28-42-8-5-9-48(55)59-42)23-24-54(2,70)22-19-36-11-13-41-15-17-44(51(67)63(4)47(41)31-36)61-52(68)64-34-39(33-58-64)27-38-7-6-25-56-32-38/h5-13,20,25-26,29-34,43-44,69-70H,14-17,23-24,27-28H2,1-4H3,(H,60,65)(H,61,68)/t43-,44-,53?,54?/m0/s1. The summed E-state index contributed by atoms with van der Waals surface area (Å²) >= 11 is 0. The Labute approximate surface area is 405 Å². The largest absolute Gasteiger partial charge is 0.378 e. The van der Waals surface area contributed by atoms with Gasteiger partial charge in [0.25, 0.3) is 5.91 Å². The molecule has 2 aliphatic rings. The zero-order chi connectivity index (χ0) is 49.6. The van der Waals surface area contributed by atoms with Crippen LogP contribution in [0.2, 0.25) is 0 Å². The molecule has 2 aromatic carbocycles. The van der Waals surface area contributed by atoms with E-state index in [1.54, 1.807) is 89.1 Å². The summed E-state index contributed by atoms with van der Waals surface area (Å²) in [6.07, 6.45) is 11.0. The average molecular weight is 942 g/mol. The number of aliphatic hydroxyl groups is 2. The van der Waals surface area contributed by atoms with E-state index in [-0.39, 0.29) is 30.3 Å². The lowest BCUT2D eigenvalue weighted by Crippen LogP contribution is -2.48. The van der Waals surface area contributed by atoms with Crippen LogP contribution in [0.4, 0.5) is 20.6 Å². The lowest BCUT2D eigenvalue weighted by Gasteiger charge is -2.23. The Morgan fingerprint density at radius 1 is 0.743 bits per heavy atom. The molecule has 0 radical (unpaired) electrons. The first-order chi connectivity index (χ1) is 33.5. The van der Waals surface area contributed by atoms with Crippen molar-refractivity contribution in [1.82, 2.24) is 35.4 Å². The molecule has 0 saturated heterocycles. The van der Waals surface area contributed by atoms with Crippen LogP contribution in [0.15, 0.2) is 110 Å². The molecule has 2 unspecified atom stereocenters. The molecule has 4 N–H and O–H groups in total. The summed E-state index contributed by atoms with van der Waals surface area (Å²) in [6, 6.07) is 20.5. The number of likely N-dealkylation sites (N-methyl/N-ethyl adjacent to an activating group) is 2. The number of anilines is 2. The zero-order valence-electron chi connectivity index (χ0n) is 39.2. The number of halogens is 1. The first-order valence-electron chi connectivity index (χ1n) is 22.9. The van der Waals surface area contributed by atoms with Crippen molar-refractivity contribution in [3.63, 3.8) is 0 Å². The molecule has 4 atom stereocenters. The SMILES string of the molecule is CN1C(=O)[C@@H](NC(=O)c2cc(Cc3cccc(F)n3)ccn2)CCc2ccc(C#CC(C)(O)CCC(C)(O)C#Cc3ccc4c(c3)N(C)C(=O)[C@@H](NC(=O)n3cc(Cc5cccnc5)cn3)CC4)cc21. The van der Waals surface area contributed by atoms with Gasteiger partial charge in [0.15, 0.2) is 0 Å².